The van der Waals surface area contributed by atoms with Crippen LogP contribution in [0.15, 0.2) is 0 Å². The van der Waals surface area contributed by atoms with Gasteiger partial charge < -0.3 is 9.97 Å². The molecule has 4 nitrogen and oxygen atoms in total. The normalized spacial score (nSPS) is 11.5. The Labute approximate surface area is 94.8 Å². The molecule has 0 spiro atoms. The summed E-state index contributed by atoms with van der Waals surface area (Å²) in [7, 11) is 0. The molecular formula is C12H16N4. The molecule has 0 unspecified atom stereocenters. The van der Waals surface area contributed by atoms with E-state index in [0.29, 0.717) is 0 Å². The van der Waals surface area contributed by atoms with Gasteiger partial charge in [0.2, 0.25) is 0 Å². The maximum Gasteiger partial charge on any atom is 0.103 e. The van der Waals surface area contributed by atoms with Crippen LogP contribution >= 0.6 is 0 Å². The molecule has 2 aromatic rings. The Morgan fingerprint density at radius 3 is 1.38 bits per heavy atom. The number of rotatable bonds is 2. The number of aryl methyl sites for hydroxylation is 4. The van der Waals surface area contributed by atoms with Gasteiger partial charge in [-0.2, -0.15) is 0 Å². The molecule has 0 aromatic carbocycles. The molecule has 2 heterocycles. The molecule has 84 valence electrons. The van der Waals surface area contributed by atoms with Crippen LogP contribution in [-0.4, -0.2) is 19.9 Å². The van der Waals surface area contributed by atoms with Crippen molar-refractivity contribution in [1.82, 2.24) is 19.9 Å². The van der Waals surface area contributed by atoms with Gasteiger partial charge in [-0.3, -0.25) is 0 Å². The van der Waals surface area contributed by atoms with Crippen molar-refractivity contribution in [3.05, 3.63) is 34.4 Å². The number of aromatic amines is 2. The van der Waals surface area contributed by atoms with Crippen LogP contribution in [0, 0.1) is 27.7 Å². The molecule has 16 heavy (non-hydrogen) atoms. The zero-order chi connectivity index (χ0) is 11.7. The van der Waals surface area contributed by atoms with Crippen molar-refractivity contribution in [3.63, 3.8) is 0 Å². The molecule has 2 aromatic heterocycles. The fourth-order valence-corrected chi connectivity index (χ4v) is 1.74. The van der Waals surface area contributed by atoms with Crippen LogP contribution in [0.2, 0.25) is 0 Å². The highest BCUT2D eigenvalue weighted by Gasteiger charge is 2.02. The second-order valence-electron chi connectivity index (χ2n) is 4.00. The highest BCUT2D eigenvalue weighted by atomic mass is 14.9. The molecular weight excluding hydrogens is 200 g/mol. The van der Waals surface area contributed by atoms with Gasteiger partial charge in [0, 0.05) is 11.4 Å². The van der Waals surface area contributed by atoms with Crippen LogP contribution in [0.3, 0.4) is 0 Å². The van der Waals surface area contributed by atoms with Crippen molar-refractivity contribution >= 4 is 12.2 Å². The zero-order valence-electron chi connectivity index (χ0n) is 10.0. The second kappa shape index (κ2) is 3.96. The van der Waals surface area contributed by atoms with Crippen molar-refractivity contribution in [2.45, 2.75) is 27.7 Å². The van der Waals surface area contributed by atoms with E-state index in [4.69, 9.17) is 0 Å². The Kier molecular flexibility index (Phi) is 2.64. The van der Waals surface area contributed by atoms with Crippen LogP contribution in [-0.2, 0) is 0 Å². The molecule has 0 atom stereocenters. The Balaban J connectivity index is 2.27. The summed E-state index contributed by atoms with van der Waals surface area (Å²) >= 11 is 0. The minimum atomic E-state index is 0.937. The lowest BCUT2D eigenvalue weighted by Gasteiger charge is -1.89. The van der Waals surface area contributed by atoms with Crippen LogP contribution in [0.4, 0.5) is 0 Å². The Morgan fingerprint density at radius 2 is 1.12 bits per heavy atom. The Bertz CT molecular complexity index is 483. The van der Waals surface area contributed by atoms with E-state index in [9.17, 15) is 0 Å². The first-order valence-electron chi connectivity index (χ1n) is 5.31. The van der Waals surface area contributed by atoms with Gasteiger partial charge >= 0.3 is 0 Å². The third-order valence-electron chi connectivity index (χ3n) is 2.48. The van der Waals surface area contributed by atoms with Crippen molar-refractivity contribution in [2.24, 2.45) is 0 Å². The standard InChI is InChI=1S/C12H16N4/c1-7-11(15-9(3)13-7)5-6-12-8(2)14-10(4)16-12/h5-6H,1-4H3,(H,13,15)(H,14,16)/b6-5-. The molecule has 0 radical (unpaired) electrons. The van der Waals surface area contributed by atoms with E-state index in [1.165, 1.54) is 0 Å². The number of H-pyrrole nitrogens is 2. The number of imidazole rings is 2. The molecule has 0 saturated heterocycles. The van der Waals surface area contributed by atoms with Gasteiger partial charge in [-0.15, -0.1) is 0 Å². The van der Waals surface area contributed by atoms with Crippen molar-refractivity contribution in [2.75, 3.05) is 0 Å². The lowest BCUT2D eigenvalue weighted by molar-refractivity contribution is 1.13. The van der Waals surface area contributed by atoms with Crippen molar-refractivity contribution in [1.29, 1.82) is 0 Å². The van der Waals surface area contributed by atoms with E-state index < -0.39 is 0 Å². The van der Waals surface area contributed by atoms with Gasteiger partial charge in [-0.1, -0.05) is 0 Å². The van der Waals surface area contributed by atoms with E-state index in [1.54, 1.807) is 0 Å². The van der Waals surface area contributed by atoms with Crippen LogP contribution in [0.25, 0.3) is 12.2 Å². The zero-order valence-corrected chi connectivity index (χ0v) is 10.0. The Hall–Kier alpha value is -1.84. The summed E-state index contributed by atoms with van der Waals surface area (Å²) in [5.41, 5.74) is 4.10. The lowest BCUT2D eigenvalue weighted by atomic mass is 10.2. The van der Waals surface area contributed by atoms with Gasteiger partial charge in [-0.25, -0.2) is 9.97 Å². The summed E-state index contributed by atoms with van der Waals surface area (Å²) in [5, 5.41) is 0. The van der Waals surface area contributed by atoms with Crippen LogP contribution < -0.4 is 0 Å². The fourth-order valence-electron chi connectivity index (χ4n) is 1.74. The van der Waals surface area contributed by atoms with Gasteiger partial charge in [0.25, 0.3) is 0 Å². The molecule has 0 amide bonds. The lowest BCUT2D eigenvalue weighted by Crippen LogP contribution is -1.79. The molecule has 0 aliphatic rings. The quantitative estimate of drug-likeness (QED) is 0.810. The first-order valence-corrected chi connectivity index (χ1v) is 5.31. The molecule has 2 rings (SSSR count). The predicted molar refractivity (Wildman–Crippen MR) is 65.1 cm³/mol. The van der Waals surface area contributed by atoms with Crippen molar-refractivity contribution < 1.29 is 0 Å². The molecule has 4 heteroatoms. The predicted octanol–water partition coefficient (Wildman–Crippen LogP) is 2.54. The van der Waals surface area contributed by atoms with Gasteiger partial charge in [0.1, 0.15) is 11.6 Å². The number of hydrogen-bond acceptors (Lipinski definition) is 2. The maximum atomic E-state index is 4.38. The topological polar surface area (TPSA) is 57.4 Å². The van der Waals surface area contributed by atoms with Crippen molar-refractivity contribution in [3.8, 4) is 0 Å². The van der Waals surface area contributed by atoms with E-state index in [0.717, 1.165) is 34.4 Å². The largest absolute Gasteiger partial charge is 0.346 e. The minimum Gasteiger partial charge on any atom is -0.346 e. The van der Waals surface area contributed by atoms with Gasteiger partial charge in [0.05, 0.1) is 11.4 Å². The first kappa shape index (κ1) is 10.7. The highest BCUT2D eigenvalue weighted by Crippen LogP contribution is 2.11. The average Bonchev–Trinajstić information content (AvgIpc) is 2.66. The molecule has 0 aliphatic heterocycles. The molecule has 0 saturated carbocycles. The summed E-state index contributed by atoms with van der Waals surface area (Å²) in [6.45, 7) is 7.94. The van der Waals surface area contributed by atoms with E-state index in [1.807, 2.05) is 39.8 Å². The minimum absolute atomic E-state index is 0.937. The van der Waals surface area contributed by atoms with E-state index in [-0.39, 0.29) is 0 Å². The van der Waals surface area contributed by atoms with E-state index >= 15 is 0 Å². The SMILES string of the molecule is Cc1nc(/C=C\c2nc(C)[nH]c2C)c(C)[nH]1. The number of aromatic nitrogens is 4. The first-order chi connectivity index (χ1) is 7.56. The number of hydrogen-bond donors (Lipinski definition) is 2. The van der Waals surface area contributed by atoms with Gasteiger partial charge in [0.15, 0.2) is 0 Å². The summed E-state index contributed by atoms with van der Waals surface area (Å²) in [5.74, 6) is 1.87. The van der Waals surface area contributed by atoms with Gasteiger partial charge in [-0.05, 0) is 39.8 Å². The summed E-state index contributed by atoms with van der Waals surface area (Å²) in [6.07, 6.45) is 3.98. The Morgan fingerprint density at radius 1 is 0.750 bits per heavy atom. The number of nitrogens with zero attached hydrogens (tertiary/aromatic N) is 2. The summed E-state index contributed by atoms with van der Waals surface area (Å²) in [4.78, 5) is 15.1. The maximum absolute atomic E-state index is 4.38. The second-order valence-corrected chi connectivity index (χ2v) is 4.00. The molecule has 0 bridgehead atoms. The van der Waals surface area contributed by atoms with E-state index in [2.05, 4.69) is 19.9 Å². The van der Waals surface area contributed by atoms with Crippen LogP contribution in [0.5, 0.6) is 0 Å². The smallest absolute Gasteiger partial charge is 0.103 e. The van der Waals surface area contributed by atoms with Crippen LogP contribution in [0.1, 0.15) is 34.4 Å². The summed E-state index contributed by atoms with van der Waals surface area (Å²) < 4.78 is 0. The average molecular weight is 216 g/mol. The summed E-state index contributed by atoms with van der Waals surface area (Å²) in [6, 6.07) is 0. The highest BCUT2D eigenvalue weighted by molar-refractivity contribution is 5.68. The fraction of sp³-hybridized carbons (Fsp3) is 0.333. The monoisotopic (exact) mass is 216 g/mol. The molecule has 0 aliphatic carbocycles. The third kappa shape index (κ3) is 2.05. The number of nitrogens with one attached hydrogen (secondary N) is 2. The molecule has 2 N–H and O–H groups in total. The third-order valence-corrected chi connectivity index (χ3v) is 2.48. The molecule has 0 fully saturated rings.